The molecular formula is C29H32N2O3. The van der Waals surface area contributed by atoms with E-state index in [2.05, 4.69) is 12.2 Å². The second-order valence-corrected chi connectivity index (χ2v) is 11.2. The molecule has 1 heterocycles. The van der Waals surface area contributed by atoms with Gasteiger partial charge in [-0.3, -0.25) is 19.3 Å². The number of hydrogen-bond donors (Lipinski definition) is 1. The molecule has 0 aromatic heterocycles. The van der Waals surface area contributed by atoms with Crippen LogP contribution in [0.25, 0.3) is 0 Å². The van der Waals surface area contributed by atoms with E-state index in [9.17, 15) is 14.4 Å². The molecule has 4 fully saturated rings. The highest BCUT2D eigenvalue weighted by Crippen LogP contribution is 2.61. The maximum absolute atomic E-state index is 13.8. The molecule has 2 atom stereocenters. The number of fused-ring (bicyclic) bond motifs is 1. The fourth-order valence-corrected chi connectivity index (χ4v) is 7.80. The Kier molecular flexibility index (Phi) is 5.12. The van der Waals surface area contributed by atoms with Crippen molar-refractivity contribution in [2.24, 2.45) is 23.2 Å². The molecule has 5 aliphatic rings. The average Bonchev–Trinajstić information content (AvgIpc) is 3.07. The van der Waals surface area contributed by atoms with Gasteiger partial charge in [0.05, 0.1) is 11.1 Å². The van der Waals surface area contributed by atoms with E-state index in [0.717, 1.165) is 23.3 Å². The predicted molar refractivity (Wildman–Crippen MR) is 129 cm³/mol. The number of amides is 3. The van der Waals surface area contributed by atoms with Crippen LogP contribution in [0.5, 0.6) is 0 Å². The summed E-state index contributed by atoms with van der Waals surface area (Å²) in [5.74, 6) is 1.41. The highest BCUT2D eigenvalue weighted by Gasteiger charge is 2.54. The van der Waals surface area contributed by atoms with Crippen molar-refractivity contribution in [1.82, 2.24) is 10.2 Å². The highest BCUT2D eigenvalue weighted by molar-refractivity contribution is 6.22. The molecule has 0 spiro atoms. The first-order valence-corrected chi connectivity index (χ1v) is 12.7. The van der Waals surface area contributed by atoms with Crippen LogP contribution in [0, 0.1) is 23.2 Å². The summed E-state index contributed by atoms with van der Waals surface area (Å²) >= 11 is 0. The van der Waals surface area contributed by atoms with E-state index < -0.39 is 6.04 Å². The average molecular weight is 457 g/mol. The summed E-state index contributed by atoms with van der Waals surface area (Å²) in [5.41, 5.74) is 1.85. The van der Waals surface area contributed by atoms with Crippen molar-refractivity contribution in [3.05, 3.63) is 71.3 Å². The molecule has 34 heavy (non-hydrogen) atoms. The van der Waals surface area contributed by atoms with Crippen molar-refractivity contribution in [1.29, 1.82) is 0 Å². The summed E-state index contributed by atoms with van der Waals surface area (Å²) in [6, 6.07) is 15.7. The lowest BCUT2D eigenvalue weighted by atomic mass is 9.48. The van der Waals surface area contributed by atoms with E-state index in [-0.39, 0.29) is 29.2 Å². The van der Waals surface area contributed by atoms with Gasteiger partial charge < -0.3 is 5.32 Å². The third kappa shape index (κ3) is 3.48. The van der Waals surface area contributed by atoms with Crippen LogP contribution in [0.2, 0.25) is 0 Å². The molecule has 4 saturated carbocycles. The van der Waals surface area contributed by atoms with E-state index in [0.29, 0.717) is 17.5 Å². The summed E-state index contributed by atoms with van der Waals surface area (Å²) in [6.45, 7) is 2.15. The molecule has 4 bridgehead atoms. The van der Waals surface area contributed by atoms with Crippen molar-refractivity contribution < 1.29 is 14.4 Å². The Labute approximate surface area is 200 Å². The van der Waals surface area contributed by atoms with Gasteiger partial charge in [0.15, 0.2) is 0 Å². The molecule has 5 nitrogen and oxygen atoms in total. The summed E-state index contributed by atoms with van der Waals surface area (Å²) in [7, 11) is 0. The summed E-state index contributed by atoms with van der Waals surface area (Å²) in [5, 5.41) is 3.32. The van der Waals surface area contributed by atoms with E-state index in [1.54, 1.807) is 24.3 Å². The zero-order chi connectivity index (χ0) is 23.4. The monoisotopic (exact) mass is 456 g/mol. The molecule has 0 unspecified atom stereocenters. The highest BCUT2D eigenvalue weighted by atomic mass is 16.2. The minimum Gasteiger partial charge on any atom is -0.351 e. The van der Waals surface area contributed by atoms with Crippen molar-refractivity contribution in [2.75, 3.05) is 0 Å². The van der Waals surface area contributed by atoms with Gasteiger partial charge in [0.25, 0.3) is 11.8 Å². The first-order valence-electron chi connectivity index (χ1n) is 12.7. The Morgan fingerprint density at radius 2 is 1.38 bits per heavy atom. The molecule has 0 radical (unpaired) electrons. The normalized spacial score (nSPS) is 30.9. The Balaban J connectivity index is 1.28. The third-order valence-electron chi connectivity index (χ3n) is 9.07. The number of nitrogens with one attached hydrogen (secondary N) is 1. The second-order valence-electron chi connectivity index (χ2n) is 11.2. The van der Waals surface area contributed by atoms with E-state index in [4.69, 9.17) is 0 Å². The van der Waals surface area contributed by atoms with Crippen molar-refractivity contribution >= 4 is 17.7 Å². The minimum atomic E-state index is -0.869. The molecule has 0 saturated heterocycles. The summed E-state index contributed by atoms with van der Waals surface area (Å²) in [4.78, 5) is 41.6. The van der Waals surface area contributed by atoms with Crippen LogP contribution < -0.4 is 5.32 Å². The third-order valence-corrected chi connectivity index (χ3v) is 9.07. The van der Waals surface area contributed by atoms with Crippen molar-refractivity contribution in [3.8, 4) is 0 Å². The molecule has 5 heteroatoms. The van der Waals surface area contributed by atoms with Gasteiger partial charge in [0.2, 0.25) is 5.91 Å². The first-order chi connectivity index (χ1) is 16.4. The molecular weight excluding hydrogens is 424 g/mol. The molecule has 7 rings (SSSR count). The molecule has 2 aromatic rings. The van der Waals surface area contributed by atoms with Crippen LogP contribution in [0.1, 0.15) is 71.7 Å². The van der Waals surface area contributed by atoms with Gasteiger partial charge in [-0.15, -0.1) is 0 Å². The fraction of sp³-hybridized carbons (Fsp3) is 0.483. The Hall–Kier alpha value is -2.95. The Bertz CT molecular complexity index is 1070. The number of nitrogens with zero attached hydrogens (tertiary/aromatic N) is 1. The van der Waals surface area contributed by atoms with Gasteiger partial charge in [0.1, 0.15) is 6.04 Å². The second kappa shape index (κ2) is 8.07. The van der Waals surface area contributed by atoms with Crippen LogP contribution in [-0.2, 0) is 11.2 Å². The quantitative estimate of drug-likeness (QED) is 0.646. The van der Waals surface area contributed by atoms with Gasteiger partial charge in [-0.05, 0) is 86.3 Å². The maximum atomic E-state index is 13.8. The van der Waals surface area contributed by atoms with Crippen LogP contribution >= 0.6 is 0 Å². The number of carbonyl (C=O) groups is 3. The van der Waals surface area contributed by atoms with E-state index in [1.807, 2.05) is 30.3 Å². The number of rotatable bonds is 6. The summed E-state index contributed by atoms with van der Waals surface area (Å²) in [6.07, 6.45) is 7.94. The van der Waals surface area contributed by atoms with Gasteiger partial charge in [0, 0.05) is 12.5 Å². The van der Waals surface area contributed by atoms with Crippen LogP contribution in [-0.4, -0.2) is 34.7 Å². The number of carbonyl (C=O) groups excluding carboxylic acids is 3. The lowest BCUT2D eigenvalue weighted by Gasteiger charge is -2.59. The Morgan fingerprint density at radius 3 is 1.91 bits per heavy atom. The molecule has 1 N–H and O–H groups in total. The predicted octanol–water partition coefficient (Wildman–Crippen LogP) is 4.62. The zero-order valence-corrected chi connectivity index (χ0v) is 19.7. The van der Waals surface area contributed by atoms with Crippen molar-refractivity contribution in [2.45, 2.75) is 64.0 Å². The smallest absolute Gasteiger partial charge is 0.262 e. The fourth-order valence-electron chi connectivity index (χ4n) is 7.80. The molecule has 176 valence electrons. The van der Waals surface area contributed by atoms with Gasteiger partial charge >= 0.3 is 0 Å². The largest absolute Gasteiger partial charge is 0.351 e. The van der Waals surface area contributed by atoms with E-state index in [1.165, 1.54) is 43.4 Å². The zero-order valence-electron chi connectivity index (χ0n) is 19.7. The number of imide groups is 1. The number of benzene rings is 2. The van der Waals surface area contributed by atoms with Gasteiger partial charge in [-0.1, -0.05) is 42.5 Å². The van der Waals surface area contributed by atoms with E-state index >= 15 is 0 Å². The minimum absolute atomic E-state index is 0.0295. The standard InChI is InChI=1S/C29H32N2O3/c1-18(29-15-20-11-21(16-29)13-22(12-20)17-29)30-26(32)25(14-19-7-3-2-4-8-19)31-27(33)23-9-5-6-10-24(23)28(31)34/h2-10,18,20-22,25H,11-17H2,1H3,(H,30,32)/t18-,20?,21?,22?,25+,29?/m1/s1. The van der Waals surface area contributed by atoms with Crippen LogP contribution in [0.15, 0.2) is 54.6 Å². The SMILES string of the molecule is C[C@@H](NC(=O)[C@H](Cc1ccccc1)N1C(=O)c2ccccc2C1=O)C12CC3CC(CC(C3)C1)C2. The topological polar surface area (TPSA) is 66.5 Å². The molecule has 3 amide bonds. The molecule has 1 aliphatic heterocycles. The summed E-state index contributed by atoms with van der Waals surface area (Å²) < 4.78 is 0. The lowest BCUT2D eigenvalue weighted by Crippen LogP contribution is -2.59. The van der Waals surface area contributed by atoms with Gasteiger partial charge in [-0.25, -0.2) is 0 Å². The lowest BCUT2D eigenvalue weighted by molar-refractivity contribution is -0.129. The molecule has 4 aliphatic carbocycles. The van der Waals surface area contributed by atoms with Gasteiger partial charge in [-0.2, -0.15) is 0 Å². The van der Waals surface area contributed by atoms with Crippen LogP contribution in [0.4, 0.5) is 0 Å². The molecule has 2 aromatic carbocycles. The van der Waals surface area contributed by atoms with Crippen LogP contribution in [0.3, 0.4) is 0 Å². The first kappa shape index (κ1) is 21.6. The maximum Gasteiger partial charge on any atom is 0.262 e. The number of hydrogen-bond acceptors (Lipinski definition) is 3. The Morgan fingerprint density at radius 1 is 0.882 bits per heavy atom. The van der Waals surface area contributed by atoms with Crippen molar-refractivity contribution in [3.63, 3.8) is 0 Å².